The van der Waals surface area contributed by atoms with E-state index in [-0.39, 0.29) is 23.4 Å². The topological polar surface area (TPSA) is 32.7 Å². The second kappa shape index (κ2) is 6.30. The molecule has 1 aromatic rings. The number of hydrogen-bond acceptors (Lipinski definition) is 3. The molecule has 1 saturated heterocycles. The summed E-state index contributed by atoms with van der Waals surface area (Å²) >= 11 is 0. The highest BCUT2D eigenvalue weighted by Crippen LogP contribution is 2.37. The fraction of sp³-hybridized carbons (Fsp3) is 0.647. The van der Waals surface area contributed by atoms with Crippen LogP contribution in [0.5, 0.6) is 0 Å². The molecular weight excluding hydrogens is 297 g/mol. The third-order valence-corrected chi connectivity index (χ3v) is 9.49. The quantitative estimate of drug-likeness (QED) is 0.836. The molecule has 0 amide bonds. The molecule has 1 aliphatic heterocycles. The van der Waals surface area contributed by atoms with Gasteiger partial charge in [-0.1, -0.05) is 32.9 Å². The fourth-order valence-electron chi connectivity index (χ4n) is 2.28. The van der Waals surface area contributed by atoms with Gasteiger partial charge in [-0.05, 0) is 24.2 Å². The molecule has 0 unspecified atom stereocenters. The van der Waals surface area contributed by atoms with Gasteiger partial charge in [-0.2, -0.15) is 0 Å². The monoisotopic (exact) mass is 325 g/mol. The first kappa shape index (κ1) is 17.4. The zero-order chi connectivity index (χ0) is 16.5. The van der Waals surface area contributed by atoms with Crippen LogP contribution in [-0.2, 0) is 11.0 Å². The molecule has 0 atom stereocenters. The van der Waals surface area contributed by atoms with E-state index in [1.165, 1.54) is 0 Å². The van der Waals surface area contributed by atoms with Gasteiger partial charge >= 0.3 is 0 Å². The first-order valence-corrected chi connectivity index (χ1v) is 10.8. The summed E-state index contributed by atoms with van der Waals surface area (Å²) in [6, 6.07) is 5.49. The van der Waals surface area contributed by atoms with E-state index < -0.39 is 8.32 Å². The van der Waals surface area contributed by atoms with E-state index in [2.05, 4.69) is 33.9 Å². The minimum absolute atomic E-state index is 0.118. The minimum atomic E-state index is -1.88. The molecule has 0 aliphatic carbocycles. The fourth-order valence-corrected chi connectivity index (χ4v) is 3.23. The number of hydrogen-bond donors (Lipinski definition) is 1. The van der Waals surface area contributed by atoms with Crippen molar-refractivity contribution in [2.45, 2.75) is 45.5 Å². The molecular formula is C17H28FNO2Si. The second-order valence-electron chi connectivity index (χ2n) is 7.75. The van der Waals surface area contributed by atoms with Crippen molar-refractivity contribution in [1.29, 1.82) is 0 Å². The molecule has 0 radical (unpaired) electrons. The molecule has 1 aromatic carbocycles. The predicted octanol–water partition coefficient (Wildman–Crippen LogP) is 3.78. The standard InChI is InChI=1S/C17H28FNO2Si/c1-17(2,3)22(4,5)21-12-14-7-6-8-15(16(14)18)19-9-13(10-19)11-20/h6-8,13,20H,9-12H2,1-5H3. The normalized spacial score (nSPS) is 16.8. The zero-order valence-electron chi connectivity index (χ0n) is 14.3. The van der Waals surface area contributed by atoms with Crippen LogP contribution in [0, 0.1) is 11.7 Å². The van der Waals surface area contributed by atoms with Gasteiger partial charge in [0.05, 0.1) is 12.3 Å². The van der Waals surface area contributed by atoms with Gasteiger partial charge in [0.25, 0.3) is 0 Å². The van der Waals surface area contributed by atoms with Gasteiger partial charge in [0.1, 0.15) is 0 Å². The van der Waals surface area contributed by atoms with Gasteiger partial charge in [-0.15, -0.1) is 0 Å². The SMILES string of the molecule is CC(C)(C)[Si](C)(C)OCc1cccc(N2CC(CO)C2)c1F. The highest BCUT2D eigenvalue weighted by molar-refractivity contribution is 6.74. The summed E-state index contributed by atoms with van der Waals surface area (Å²) in [5, 5.41) is 9.21. The van der Waals surface area contributed by atoms with Crippen LogP contribution in [0.4, 0.5) is 10.1 Å². The molecule has 5 heteroatoms. The van der Waals surface area contributed by atoms with Gasteiger partial charge < -0.3 is 14.4 Å². The Kier molecular flexibility index (Phi) is 4.99. The lowest BCUT2D eigenvalue weighted by molar-refractivity contribution is 0.200. The summed E-state index contributed by atoms with van der Waals surface area (Å²) in [7, 11) is -1.88. The lowest BCUT2D eigenvalue weighted by atomic mass is 9.99. The van der Waals surface area contributed by atoms with Crippen LogP contribution < -0.4 is 4.90 Å². The first-order valence-electron chi connectivity index (χ1n) is 7.93. The average Bonchev–Trinajstić information content (AvgIpc) is 2.36. The Morgan fingerprint density at radius 2 is 1.95 bits per heavy atom. The van der Waals surface area contributed by atoms with Crippen LogP contribution in [-0.4, -0.2) is 33.1 Å². The van der Waals surface area contributed by atoms with E-state index in [0.717, 1.165) is 13.1 Å². The maximum absolute atomic E-state index is 14.7. The lowest BCUT2D eigenvalue weighted by Gasteiger charge is -2.40. The molecule has 124 valence electrons. The summed E-state index contributed by atoms with van der Waals surface area (Å²) in [5.74, 6) is 0.0872. The number of benzene rings is 1. The largest absolute Gasteiger partial charge is 0.412 e. The molecule has 22 heavy (non-hydrogen) atoms. The van der Waals surface area contributed by atoms with Crippen LogP contribution in [0.3, 0.4) is 0 Å². The van der Waals surface area contributed by atoms with E-state index in [0.29, 0.717) is 17.9 Å². The van der Waals surface area contributed by atoms with Crippen molar-refractivity contribution in [1.82, 2.24) is 0 Å². The van der Waals surface area contributed by atoms with Gasteiger partial charge in [-0.3, -0.25) is 0 Å². The Balaban J connectivity index is 2.07. The number of aliphatic hydroxyl groups is 1. The minimum Gasteiger partial charge on any atom is -0.412 e. The molecule has 1 aliphatic rings. The number of rotatable bonds is 5. The number of nitrogens with zero attached hydrogens (tertiary/aromatic N) is 1. The summed E-state index contributed by atoms with van der Waals surface area (Å²) < 4.78 is 20.8. The highest BCUT2D eigenvalue weighted by atomic mass is 28.4. The molecule has 2 rings (SSSR count). The van der Waals surface area contributed by atoms with Crippen molar-refractivity contribution in [3.8, 4) is 0 Å². The highest BCUT2D eigenvalue weighted by Gasteiger charge is 2.37. The van der Waals surface area contributed by atoms with Gasteiger partial charge in [0.15, 0.2) is 14.1 Å². The van der Waals surface area contributed by atoms with Gasteiger partial charge in [0, 0.05) is 31.2 Å². The molecule has 3 nitrogen and oxygen atoms in total. The van der Waals surface area contributed by atoms with Crippen LogP contribution in [0.2, 0.25) is 18.1 Å². The van der Waals surface area contributed by atoms with Crippen LogP contribution in [0.15, 0.2) is 18.2 Å². The third kappa shape index (κ3) is 3.53. The summed E-state index contributed by atoms with van der Waals surface area (Å²) in [6.07, 6.45) is 0. The molecule has 0 saturated carbocycles. The maximum Gasteiger partial charge on any atom is 0.192 e. The Morgan fingerprint density at radius 1 is 1.32 bits per heavy atom. The van der Waals surface area contributed by atoms with Crippen molar-refractivity contribution in [3.63, 3.8) is 0 Å². The molecule has 0 aromatic heterocycles. The van der Waals surface area contributed by atoms with E-state index in [1.54, 1.807) is 12.1 Å². The van der Waals surface area contributed by atoms with Crippen molar-refractivity contribution in [2.24, 2.45) is 5.92 Å². The van der Waals surface area contributed by atoms with Gasteiger partial charge in [-0.25, -0.2) is 4.39 Å². The molecule has 1 heterocycles. The van der Waals surface area contributed by atoms with Crippen LogP contribution in [0.25, 0.3) is 0 Å². The summed E-state index contributed by atoms with van der Waals surface area (Å²) in [6.45, 7) is 12.8. The Bertz CT molecular complexity index is 522. The molecule has 0 spiro atoms. The van der Waals surface area contributed by atoms with Crippen molar-refractivity contribution in [3.05, 3.63) is 29.6 Å². The Hall–Kier alpha value is -0.913. The van der Waals surface area contributed by atoms with E-state index in [4.69, 9.17) is 9.53 Å². The summed E-state index contributed by atoms with van der Waals surface area (Å²) in [4.78, 5) is 1.98. The van der Waals surface area contributed by atoms with Crippen LogP contribution >= 0.6 is 0 Å². The van der Waals surface area contributed by atoms with E-state index in [9.17, 15) is 4.39 Å². The summed E-state index contributed by atoms with van der Waals surface area (Å²) in [5.41, 5.74) is 1.25. The average molecular weight is 326 g/mol. The zero-order valence-corrected chi connectivity index (χ0v) is 15.3. The second-order valence-corrected chi connectivity index (χ2v) is 12.6. The Morgan fingerprint density at radius 3 is 2.50 bits per heavy atom. The number of anilines is 1. The predicted molar refractivity (Wildman–Crippen MR) is 91.2 cm³/mol. The molecule has 1 fully saturated rings. The molecule has 0 bridgehead atoms. The lowest BCUT2D eigenvalue weighted by Crippen LogP contribution is -2.48. The Labute approximate surface area is 134 Å². The first-order chi connectivity index (χ1) is 10.2. The number of aliphatic hydroxyl groups excluding tert-OH is 1. The van der Waals surface area contributed by atoms with Crippen LogP contribution in [0.1, 0.15) is 26.3 Å². The van der Waals surface area contributed by atoms with Crippen molar-refractivity contribution >= 4 is 14.0 Å². The number of halogens is 1. The molecule has 1 N–H and O–H groups in total. The van der Waals surface area contributed by atoms with Gasteiger partial charge in [0.2, 0.25) is 0 Å². The van der Waals surface area contributed by atoms with Crippen molar-refractivity contribution in [2.75, 3.05) is 24.6 Å². The maximum atomic E-state index is 14.7. The van der Waals surface area contributed by atoms with E-state index in [1.807, 2.05) is 11.0 Å². The smallest absolute Gasteiger partial charge is 0.192 e. The van der Waals surface area contributed by atoms with Crippen molar-refractivity contribution < 1.29 is 13.9 Å². The van der Waals surface area contributed by atoms with E-state index >= 15 is 0 Å². The third-order valence-electron chi connectivity index (χ3n) is 5.01.